The smallest absolute Gasteiger partial charge is 0.406 e. The number of ether oxygens (including phenoxy) is 2. The summed E-state index contributed by atoms with van der Waals surface area (Å²) < 4.78 is 46.2. The summed E-state index contributed by atoms with van der Waals surface area (Å²) in [6, 6.07) is 4.79. The molecule has 0 radical (unpaired) electrons. The Morgan fingerprint density at radius 1 is 1.24 bits per heavy atom. The fourth-order valence-electron chi connectivity index (χ4n) is 3.15. The highest BCUT2D eigenvalue weighted by molar-refractivity contribution is 5.89. The summed E-state index contributed by atoms with van der Waals surface area (Å²) in [5.74, 6) is -0.328. The number of benzene rings is 1. The molecule has 25 heavy (non-hydrogen) atoms. The molecule has 2 aliphatic heterocycles. The number of nitrogens with zero attached hydrogens (tertiary/aromatic N) is 1. The van der Waals surface area contributed by atoms with E-state index < -0.39 is 6.36 Å². The highest BCUT2D eigenvalue weighted by atomic mass is 19.4. The monoisotopic (exact) mass is 359 g/mol. The van der Waals surface area contributed by atoms with Gasteiger partial charge < -0.3 is 25.0 Å². The second-order valence-corrected chi connectivity index (χ2v) is 6.21. The van der Waals surface area contributed by atoms with Crippen LogP contribution in [-0.2, 0) is 4.74 Å². The molecule has 0 unspecified atom stereocenters. The van der Waals surface area contributed by atoms with Gasteiger partial charge in [-0.1, -0.05) is 0 Å². The number of halogens is 3. The van der Waals surface area contributed by atoms with Crippen molar-refractivity contribution in [3.63, 3.8) is 0 Å². The maximum atomic E-state index is 12.4. The van der Waals surface area contributed by atoms with Crippen molar-refractivity contribution in [2.24, 2.45) is 0 Å². The van der Waals surface area contributed by atoms with Crippen molar-refractivity contribution in [2.45, 2.75) is 24.8 Å². The molecule has 1 aromatic rings. The van der Waals surface area contributed by atoms with E-state index in [0.29, 0.717) is 25.4 Å². The van der Waals surface area contributed by atoms with Gasteiger partial charge in [-0.2, -0.15) is 0 Å². The normalized spacial score (nSPS) is 20.4. The lowest BCUT2D eigenvalue weighted by molar-refractivity contribution is -0.274. The number of carbonyl (C=O) groups excluding carboxylic acids is 1. The molecular weight excluding hydrogens is 339 g/mol. The Morgan fingerprint density at radius 3 is 2.56 bits per heavy atom. The Labute approximate surface area is 143 Å². The fourth-order valence-corrected chi connectivity index (χ4v) is 3.15. The molecule has 0 atom stereocenters. The van der Waals surface area contributed by atoms with Crippen molar-refractivity contribution in [3.05, 3.63) is 24.3 Å². The number of piperidine rings is 1. The van der Waals surface area contributed by atoms with Crippen LogP contribution in [-0.4, -0.2) is 55.7 Å². The van der Waals surface area contributed by atoms with Gasteiger partial charge in [0.25, 0.3) is 0 Å². The average Bonchev–Trinajstić information content (AvgIpc) is 2.56. The summed E-state index contributed by atoms with van der Waals surface area (Å²) in [4.78, 5) is 14.1. The molecule has 3 rings (SSSR count). The van der Waals surface area contributed by atoms with E-state index in [1.165, 1.54) is 12.1 Å². The number of rotatable bonds is 2. The number of morpholine rings is 1. The van der Waals surface area contributed by atoms with Gasteiger partial charge in [-0.25, -0.2) is 4.79 Å². The SMILES string of the molecule is O=C(Nc1ccc(OC(F)(F)F)cc1)N1CCOC2(CCNCC2)C1. The summed E-state index contributed by atoms with van der Waals surface area (Å²) in [6.45, 7) is 3.18. The molecule has 9 heteroatoms. The predicted molar refractivity (Wildman–Crippen MR) is 84.5 cm³/mol. The first-order valence-electron chi connectivity index (χ1n) is 8.12. The van der Waals surface area contributed by atoms with Gasteiger partial charge in [0.1, 0.15) is 5.75 Å². The van der Waals surface area contributed by atoms with Crippen LogP contribution in [0, 0.1) is 0 Å². The van der Waals surface area contributed by atoms with E-state index in [4.69, 9.17) is 4.74 Å². The molecule has 2 N–H and O–H groups in total. The minimum Gasteiger partial charge on any atom is -0.406 e. The minimum atomic E-state index is -4.73. The van der Waals surface area contributed by atoms with Crippen LogP contribution in [0.15, 0.2) is 24.3 Å². The zero-order chi connectivity index (χ0) is 17.9. The van der Waals surface area contributed by atoms with Crippen molar-refractivity contribution in [1.29, 1.82) is 0 Å². The molecule has 1 spiro atoms. The molecule has 6 nitrogen and oxygen atoms in total. The van der Waals surface area contributed by atoms with E-state index >= 15 is 0 Å². The average molecular weight is 359 g/mol. The van der Waals surface area contributed by atoms with Crippen molar-refractivity contribution in [1.82, 2.24) is 10.2 Å². The highest BCUT2D eigenvalue weighted by Gasteiger charge is 2.39. The maximum absolute atomic E-state index is 12.4. The van der Waals surface area contributed by atoms with Gasteiger partial charge >= 0.3 is 12.4 Å². The summed E-state index contributed by atoms with van der Waals surface area (Å²) in [7, 11) is 0. The van der Waals surface area contributed by atoms with Gasteiger partial charge in [0, 0.05) is 12.2 Å². The van der Waals surface area contributed by atoms with Gasteiger partial charge in [-0.05, 0) is 50.2 Å². The Morgan fingerprint density at radius 2 is 1.92 bits per heavy atom. The van der Waals surface area contributed by atoms with Crippen LogP contribution in [0.25, 0.3) is 0 Å². The third kappa shape index (κ3) is 4.76. The van der Waals surface area contributed by atoms with E-state index in [-0.39, 0.29) is 17.4 Å². The van der Waals surface area contributed by atoms with Crippen LogP contribution in [0.3, 0.4) is 0 Å². The van der Waals surface area contributed by atoms with Crippen molar-refractivity contribution < 1.29 is 27.4 Å². The Hall–Kier alpha value is -2.00. The first-order chi connectivity index (χ1) is 11.9. The molecule has 0 saturated carbocycles. The topological polar surface area (TPSA) is 62.8 Å². The number of hydrogen-bond donors (Lipinski definition) is 2. The molecule has 2 heterocycles. The lowest BCUT2D eigenvalue weighted by Crippen LogP contribution is -2.58. The van der Waals surface area contributed by atoms with Crippen LogP contribution in [0.2, 0.25) is 0 Å². The Balaban J connectivity index is 1.58. The fraction of sp³-hybridized carbons (Fsp3) is 0.562. The van der Waals surface area contributed by atoms with Gasteiger partial charge in [-0.15, -0.1) is 13.2 Å². The lowest BCUT2D eigenvalue weighted by Gasteiger charge is -2.45. The quantitative estimate of drug-likeness (QED) is 0.852. The molecule has 2 fully saturated rings. The Kier molecular flexibility index (Phi) is 5.05. The molecule has 2 aliphatic rings. The molecular formula is C16H20F3N3O3. The van der Waals surface area contributed by atoms with Crippen LogP contribution in [0.1, 0.15) is 12.8 Å². The molecule has 2 saturated heterocycles. The predicted octanol–water partition coefficient (Wildman–Crippen LogP) is 2.57. The van der Waals surface area contributed by atoms with Crippen molar-refractivity contribution in [3.8, 4) is 5.75 Å². The number of urea groups is 1. The standard InChI is InChI=1S/C16H20F3N3O3/c17-16(18,19)25-13-3-1-12(2-4-13)21-14(23)22-9-10-24-15(11-22)5-7-20-8-6-15/h1-4,20H,5-11H2,(H,21,23). The number of hydrogen-bond acceptors (Lipinski definition) is 4. The van der Waals surface area contributed by atoms with Crippen molar-refractivity contribution >= 4 is 11.7 Å². The van der Waals surface area contributed by atoms with Crippen LogP contribution in [0.4, 0.5) is 23.7 Å². The van der Waals surface area contributed by atoms with E-state index in [1.807, 2.05) is 0 Å². The zero-order valence-electron chi connectivity index (χ0n) is 13.6. The number of amides is 2. The Bertz CT molecular complexity index is 595. The van der Waals surface area contributed by atoms with Gasteiger partial charge in [-0.3, -0.25) is 0 Å². The number of nitrogens with one attached hydrogen (secondary N) is 2. The molecule has 1 aromatic carbocycles. The lowest BCUT2D eigenvalue weighted by atomic mass is 9.90. The highest BCUT2D eigenvalue weighted by Crippen LogP contribution is 2.28. The first kappa shape index (κ1) is 17.8. The summed E-state index contributed by atoms with van der Waals surface area (Å²) in [5, 5.41) is 5.97. The molecule has 0 aromatic heterocycles. The van der Waals surface area contributed by atoms with Gasteiger partial charge in [0.15, 0.2) is 0 Å². The van der Waals surface area contributed by atoms with Crippen molar-refractivity contribution in [2.75, 3.05) is 38.1 Å². The number of alkyl halides is 3. The molecule has 0 bridgehead atoms. The molecule has 0 aliphatic carbocycles. The summed E-state index contributed by atoms with van der Waals surface area (Å²) in [6.07, 6.45) is -3.04. The molecule has 138 valence electrons. The zero-order valence-corrected chi connectivity index (χ0v) is 13.6. The largest absolute Gasteiger partial charge is 0.573 e. The second kappa shape index (κ2) is 7.09. The van der Waals surface area contributed by atoms with Crippen LogP contribution >= 0.6 is 0 Å². The second-order valence-electron chi connectivity index (χ2n) is 6.21. The van der Waals surface area contributed by atoms with Crippen LogP contribution < -0.4 is 15.4 Å². The molecule has 2 amide bonds. The number of anilines is 1. The third-order valence-corrected chi connectivity index (χ3v) is 4.39. The van der Waals surface area contributed by atoms with E-state index in [9.17, 15) is 18.0 Å². The maximum Gasteiger partial charge on any atom is 0.573 e. The number of carbonyl (C=O) groups is 1. The first-order valence-corrected chi connectivity index (χ1v) is 8.12. The van der Waals surface area contributed by atoms with E-state index in [2.05, 4.69) is 15.4 Å². The third-order valence-electron chi connectivity index (χ3n) is 4.39. The van der Waals surface area contributed by atoms with E-state index in [1.54, 1.807) is 4.90 Å². The van der Waals surface area contributed by atoms with E-state index in [0.717, 1.165) is 38.1 Å². The van der Waals surface area contributed by atoms with Gasteiger partial charge in [0.2, 0.25) is 0 Å². The van der Waals surface area contributed by atoms with Gasteiger partial charge in [0.05, 0.1) is 18.8 Å². The minimum absolute atomic E-state index is 0.286. The summed E-state index contributed by atoms with van der Waals surface area (Å²) in [5.41, 5.74) is 0.107. The summed E-state index contributed by atoms with van der Waals surface area (Å²) >= 11 is 0. The van der Waals surface area contributed by atoms with Crippen LogP contribution in [0.5, 0.6) is 5.75 Å².